The van der Waals surface area contributed by atoms with Crippen LogP contribution >= 0.6 is 0 Å². The van der Waals surface area contributed by atoms with E-state index in [1.165, 1.54) is 5.56 Å². The van der Waals surface area contributed by atoms with Crippen molar-refractivity contribution in [3.63, 3.8) is 0 Å². The molecular weight excluding hydrogens is 272 g/mol. The molecule has 0 spiro atoms. The van der Waals surface area contributed by atoms with Crippen LogP contribution in [-0.2, 0) is 6.54 Å². The number of nitrogens with two attached hydrogens (primary N) is 1. The second-order valence-corrected chi connectivity index (χ2v) is 5.87. The Morgan fingerprint density at radius 2 is 1.68 bits per heavy atom. The third-order valence-corrected chi connectivity index (χ3v) is 3.97. The Morgan fingerprint density at radius 3 is 2.23 bits per heavy atom. The number of hydrogen-bond acceptors (Lipinski definition) is 2. The maximum Gasteiger partial charge on any atom is 0.251 e. The van der Waals surface area contributed by atoms with Gasteiger partial charge in [0.2, 0.25) is 0 Å². The van der Waals surface area contributed by atoms with Crippen LogP contribution in [0.3, 0.4) is 0 Å². The molecule has 116 valence electrons. The average molecular weight is 296 g/mol. The van der Waals surface area contributed by atoms with E-state index in [0.717, 1.165) is 5.56 Å². The van der Waals surface area contributed by atoms with Crippen LogP contribution in [0.5, 0.6) is 0 Å². The zero-order valence-corrected chi connectivity index (χ0v) is 13.3. The lowest BCUT2D eigenvalue weighted by molar-refractivity contribution is 0.0949. The summed E-state index contributed by atoms with van der Waals surface area (Å²) in [6.45, 7) is 5.49. The second kappa shape index (κ2) is 7.76. The summed E-state index contributed by atoms with van der Waals surface area (Å²) in [6, 6.07) is 17.8. The predicted octanol–water partition coefficient (Wildman–Crippen LogP) is 3.31. The van der Waals surface area contributed by atoms with Gasteiger partial charge in [-0.3, -0.25) is 4.79 Å². The van der Waals surface area contributed by atoms with Gasteiger partial charge >= 0.3 is 0 Å². The zero-order valence-electron chi connectivity index (χ0n) is 13.3. The summed E-state index contributed by atoms with van der Waals surface area (Å²) in [5.41, 5.74) is 8.53. The SMILES string of the molecule is CC(C)C(CNC(=O)c1ccc(CN)cc1)c1ccccc1. The summed E-state index contributed by atoms with van der Waals surface area (Å²) in [7, 11) is 0. The van der Waals surface area contributed by atoms with Crippen LogP contribution in [0.25, 0.3) is 0 Å². The van der Waals surface area contributed by atoms with E-state index in [9.17, 15) is 4.79 Å². The molecule has 3 nitrogen and oxygen atoms in total. The number of amides is 1. The summed E-state index contributed by atoms with van der Waals surface area (Å²) < 4.78 is 0. The fourth-order valence-electron chi connectivity index (χ4n) is 2.54. The van der Waals surface area contributed by atoms with E-state index >= 15 is 0 Å². The number of rotatable bonds is 6. The van der Waals surface area contributed by atoms with Crippen molar-refractivity contribution >= 4 is 5.91 Å². The van der Waals surface area contributed by atoms with Gasteiger partial charge in [0.05, 0.1) is 0 Å². The van der Waals surface area contributed by atoms with Gasteiger partial charge in [-0.15, -0.1) is 0 Å². The van der Waals surface area contributed by atoms with Crippen molar-refractivity contribution in [2.45, 2.75) is 26.3 Å². The standard InChI is InChI=1S/C19H24N2O/c1-14(2)18(16-6-4-3-5-7-16)13-21-19(22)17-10-8-15(12-20)9-11-17/h3-11,14,18H,12-13,20H2,1-2H3,(H,21,22). The summed E-state index contributed by atoms with van der Waals surface area (Å²) >= 11 is 0. The molecule has 0 radical (unpaired) electrons. The number of carbonyl (C=O) groups excluding carboxylic acids is 1. The molecule has 1 atom stereocenters. The van der Waals surface area contributed by atoms with E-state index in [4.69, 9.17) is 5.73 Å². The maximum atomic E-state index is 12.3. The molecule has 0 heterocycles. The van der Waals surface area contributed by atoms with Crippen LogP contribution in [0.1, 0.15) is 41.3 Å². The minimum Gasteiger partial charge on any atom is -0.351 e. The molecule has 0 fully saturated rings. The molecule has 1 unspecified atom stereocenters. The molecule has 2 rings (SSSR count). The smallest absolute Gasteiger partial charge is 0.251 e. The van der Waals surface area contributed by atoms with Gasteiger partial charge in [-0.2, -0.15) is 0 Å². The summed E-state index contributed by atoms with van der Waals surface area (Å²) in [4.78, 5) is 12.3. The molecule has 3 N–H and O–H groups in total. The van der Waals surface area contributed by atoms with Gasteiger partial charge in [-0.25, -0.2) is 0 Å². The monoisotopic (exact) mass is 296 g/mol. The highest BCUT2D eigenvalue weighted by molar-refractivity contribution is 5.94. The van der Waals surface area contributed by atoms with Crippen LogP contribution < -0.4 is 11.1 Å². The van der Waals surface area contributed by atoms with Gasteiger partial charge in [0.15, 0.2) is 0 Å². The predicted molar refractivity (Wildman–Crippen MR) is 90.7 cm³/mol. The highest BCUT2D eigenvalue weighted by Gasteiger charge is 2.17. The lowest BCUT2D eigenvalue weighted by Gasteiger charge is -2.22. The van der Waals surface area contributed by atoms with Gasteiger partial charge in [-0.1, -0.05) is 56.3 Å². The van der Waals surface area contributed by atoms with Gasteiger partial charge in [0, 0.05) is 24.6 Å². The molecule has 0 bridgehead atoms. The normalized spacial score (nSPS) is 12.2. The van der Waals surface area contributed by atoms with Crippen molar-refractivity contribution in [2.24, 2.45) is 11.7 Å². The Kier molecular flexibility index (Phi) is 5.73. The van der Waals surface area contributed by atoms with Crippen LogP contribution in [-0.4, -0.2) is 12.5 Å². The number of benzene rings is 2. The summed E-state index contributed by atoms with van der Waals surface area (Å²) in [5.74, 6) is 0.737. The molecule has 0 aliphatic heterocycles. The number of carbonyl (C=O) groups is 1. The fourth-order valence-corrected chi connectivity index (χ4v) is 2.54. The third kappa shape index (κ3) is 4.18. The Morgan fingerprint density at radius 1 is 1.05 bits per heavy atom. The summed E-state index contributed by atoms with van der Waals surface area (Å²) in [5, 5.41) is 3.05. The van der Waals surface area contributed by atoms with Crippen molar-refractivity contribution in [3.8, 4) is 0 Å². The van der Waals surface area contributed by atoms with E-state index in [1.54, 1.807) is 0 Å². The van der Waals surface area contributed by atoms with Gasteiger partial charge in [-0.05, 0) is 29.2 Å². The highest BCUT2D eigenvalue weighted by Crippen LogP contribution is 2.23. The largest absolute Gasteiger partial charge is 0.351 e. The first kappa shape index (κ1) is 16.2. The Labute approximate surface area is 132 Å². The minimum atomic E-state index is -0.0369. The molecular formula is C19H24N2O. The maximum absolute atomic E-state index is 12.3. The van der Waals surface area contributed by atoms with E-state index < -0.39 is 0 Å². The van der Waals surface area contributed by atoms with E-state index in [1.807, 2.05) is 42.5 Å². The van der Waals surface area contributed by atoms with Crippen molar-refractivity contribution in [2.75, 3.05) is 6.54 Å². The average Bonchev–Trinajstić information content (AvgIpc) is 2.55. The topological polar surface area (TPSA) is 55.1 Å². The van der Waals surface area contributed by atoms with E-state index in [-0.39, 0.29) is 5.91 Å². The van der Waals surface area contributed by atoms with Crippen molar-refractivity contribution < 1.29 is 4.79 Å². The first-order chi connectivity index (χ1) is 10.6. The van der Waals surface area contributed by atoms with Gasteiger partial charge in [0.1, 0.15) is 0 Å². The molecule has 3 heteroatoms. The Balaban J connectivity index is 2.01. The Hall–Kier alpha value is -2.13. The van der Waals surface area contributed by atoms with Crippen LogP contribution in [0.15, 0.2) is 54.6 Å². The first-order valence-electron chi connectivity index (χ1n) is 7.74. The van der Waals surface area contributed by atoms with Crippen LogP contribution in [0.2, 0.25) is 0 Å². The first-order valence-corrected chi connectivity index (χ1v) is 7.74. The van der Waals surface area contributed by atoms with Gasteiger partial charge < -0.3 is 11.1 Å². The molecule has 2 aromatic carbocycles. The lowest BCUT2D eigenvalue weighted by Crippen LogP contribution is -2.30. The third-order valence-electron chi connectivity index (χ3n) is 3.97. The zero-order chi connectivity index (χ0) is 15.9. The molecule has 2 aromatic rings. The lowest BCUT2D eigenvalue weighted by atomic mass is 9.88. The van der Waals surface area contributed by atoms with Crippen molar-refractivity contribution in [3.05, 3.63) is 71.3 Å². The highest BCUT2D eigenvalue weighted by atomic mass is 16.1. The molecule has 1 amide bonds. The summed E-state index contributed by atoms with van der Waals surface area (Å²) in [6.07, 6.45) is 0. The minimum absolute atomic E-state index is 0.0369. The van der Waals surface area contributed by atoms with E-state index in [2.05, 4.69) is 31.3 Å². The Bertz CT molecular complexity index is 591. The number of hydrogen-bond donors (Lipinski definition) is 2. The molecule has 0 aliphatic rings. The molecule has 22 heavy (non-hydrogen) atoms. The quantitative estimate of drug-likeness (QED) is 0.859. The number of nitrogens with one attached hydrogen (secondary N) is 1. The van der Waals surface area contributed by atoms with E-state index in [0.29, 0.717) is 30.5 Å². The molecule has 0 aliphatic carbocycles. The van der Waals surface area contributed by atoms with Crippen molar-refractivity contribution in [1.29, 1.82) is 0 Å². The van der Waals surface area contributed by atoms with Gasteiger partial charge in [0.25, 0.3) is 5.91 Å². The fraction of sp³-hybridized carbons (Fsp3) is 0.316. The van der Waals surface area contributed by atoms with Crippen LogP contribution in [0, 0.1) is 5.92 Å². The molecule has 0 saturated carbocycles. The molecule has 0 aromatic heterocycles. The molecule has 0 saturated heterocycles. The second-order valence-electron chi connectivity index (χ2n) is 5.87. The van der Waals surface area contributed by atoms with Crippen molar-refractivity contribution in [1.82, 2.24) is 5.32 Å². The van der Waals surface area contributed by atoms with Crippen LogP contribution in [0.4, 0.5) is 0 Å².